The smallest absolute Gasteiger partial charge is 0.136 e. The van der Waals surface area contributed by atoms with Gasteiger partial charge in [0, 0.05) is 6.54 Å². The lowest BCUT2D eigenvalue weighted by molar-refractivity contribution is -0.255. The Morgan fingerprint density at radius 2 is 2.13 bits per heavy atom. The average molecular weight is 334 g/mol. The first-order valence-electron chi connectivity index (χ1n) is 7.36. The van der Waals surface area contributed by atoms with Crippen molar-refractivity contribution in [3.63, 3.8) is 0 Å². The monoisotopic (exact) mass is 333 g/mol. The zero-order valence-corrected chi connectivity index (χ0v) is 13.8. The fourth-order valence-corrected chi connectivity index (χ4v) is 2.33. The lowest BCUT2D eigenvalue weighted by Gasteiger charge is -2.04. The van der Waals surface area contributed by atoms with Gasteiger partial charge >= 0.3 is 0 Å². The molecule has 0 aliphatic rings. The molecule has 0 saturated carbocycles. The van der Waals surface area contributed by atoms with E-state index in [2.05, 4.69) is 22.5 Å². The number of anilines is 1. The second kappa shape index (κ2) is 7.78. The Kier molecular flexibility index (Phi) is 5.76. The van der Waals surface area contributed by atoms with E-state index in [0.29, 0.717) is 10.8 Å². The molecule has 0 unspecified atom stereocenters. The Morgan fingerprint density at radius 1 is 1.43 bits per heavy atom. The first-order chi connectivity index (χ1) is 11.0. The van der Waals surface area contributed by atoms with Crippen LogP contribution in [0.2, 0.25) is 5.15 Å². The van der Waals surface area contributed by atoms with Crippen molar-refractivity contribution in [1.82, 2.24) is 9.78 Å². The van der Waals surface area contributed by atoms with Crippen LogP contribution in [0.1, 0.15) is 41.4 Å². The summed E-state index contributed by atoms with van der Waals surface area (Å²) in [5, 5.41) is 19.8. The fraction of sp³-hybridized carbons (Fsp3) is 0.312. The minimum atomic E-state index is -1.21. The van der Waals surface area contributed by atoms with Gasteiger partial charge < -0.3 is 9.90 Å². The molecule has 122 valence electrons. The van der Waals surface area contributed by atoms with E-state index in [0.717, 1.165) is 30.6 Å². The Bertz CT molecular complexity index is 708. The highest BCUT2D eigenvalue weighted by molar-refractivity contribution is 6.32. The summed E-state index contributed by atoms with van der Waals surface area (Å²) in [4.78, 5) is 10.7. The van der Waals surface area contributed by atoms with Gasteiger partial charge in [0.25, 0.3) is 0 Å². The minimum absolute atomic E-state index is 0.121. The van der Waals surface area contributed by atoms with E-state index in [9.17, 15) is 9.90 Å². The van der Waals surface area contributed by atoms with Gasteiger partial charge in [0.05, 0.1) is 29.1 Å². The van der Waals surface area contributed by atoms with Crippen LogP contribution in [0, 0.1) is 6.92 Å². The summed E-state index contributed by atoms with van der Waals surface area (Å²) in [6.07, 6.45) is 3.70. The number of hydrogen-bond acceptors (Lipinski definition) is 5. The van der Waals surface area contributed by atoms with Crippen molar-refractivity contribution in [2.75, 3.05) is 5.43 Å². The number of carbonyl (C=O) groups excluding carboxylic acids is 1. The number of aromatic nitrogens is 2. The Labute approximate surface area is 139 Å². The molecule has 0 radical (unpaired) electrons. The van der Waals surface area contributed by atoms with Crippen LogP contribution in [0.5, 0.6) is 0 Å². The third-order valence-electron chi connectivity index (χ3n) is 3.34. The van der Waals surface area contributed by atoms with E-state index in [-0.39, 0.29) is 5.56 Å². The molecule has 0 atom stereocenters. The largest absolute Gasteiger partial charge is 0.545 e. The first-order valence-corrected chi connectivity index (χ1v) is 7.74. The summed E-state index contributed by atoms with van der Waals surface area (Å²) >= 11 is 6.31. The van der Waals surface area contributed by atoms with E-state index >= 15 is 0 Å². The number of nitrogens with zero attached hydrogens (tertiary/aromatic N) is 3. The molecule has 2 aromatic rings. The molecule has 6 nitrogen and oxygen atoms in total. The van der Waals surface area contributed by atoms with Crippen molar-refractivity contribution in [1.29, 1.82) is 0 Å². The molecule has 2 rings (SSSR count). The zero-order chi connectivity index (χ0) is 16.8. The number of nitrogens with one attached hydrogen (secondary N) is 1. The highest BCUT2D eigenvalue weighted by Gasteiger charge is 2.10. The number of benzene rings is 1. The first kappa shape index (κ1) is 17.0. The molecule has 0 amide bonds. The molecular formula is C16H18ClN4O2-. The molecule has 0 saturated heterocycles. The standard InChI is InChI=1S/C16H19ClN4O2/c1-3-4-9-21-15(17)14(11(2)20-21)10-18-19-13-7-5-12(6-8-13)16(22)23/h5-8,10,19H,3-4,9H2,1-2H3,(H,22,23)/p-1/b18-10-. The van der Waals surface area contributed by atoms with E-state index in [1.54, 1.807) is 23.0 Å². The lowest BCUT2D eigenvalue weighted by atomic mass is 10.2. The predicted octanol–water partition coefficient (Wildman–Crippen LogP) is 2.45. The summed E-state index contributed by atoms with van der Waals surface area (Å²) < 4.78 is 1.77. The zero-order valence-electron chi connectivity index (χ0n) is 13.0. The third-order valence-corrected chi connectivity index (χ3v) is 3.74. The van der Waals surface area contributed by atoms with Crippen LogP contribution in [0.25, 0.3) is 0 Å². The molecule has 1 N–H and O–H groups in total. The predicted molar refractivity (Wildman–Crippen MR) is 88.9 cm³/mol. The van der Waals surface area contributed by atoms with Crippen LogP contribution >= 0.6 is 11.6 Å². The van der Waals surface area contributed by atoms with Gasteiger partial charge in [0.15, 0.2) is 0 Å². The van der Waals surface area contributed by atoms with Crippen LogP contribution in [-0.2, 0) is 6.54 Å². The van der Waals surface area contributed by atoms with Crippen molar-refractivity contribution < 1.29 is 9.90 Å². The van der Waals surface area contributed by atoms with Gasteiger partial charge in [-0.05, 0) is 31.0 Å². The van der Waals surface area contributed by atoms with Gasteiger partial charge in [0.2, 0.25) is 0 Å². The van der Waals surface area contributed by atoms with Crippen LogP contribution in [-0.4, -0.2) is 22.0 Å². The quantitative estimate of drug-likeness (QED) is 0.623. The van der Waals surface area contributed by atoms with Gasteiger partial charge in [-0.25, -0.2) is 0 Å². The van der Waals surface area contributed by atoms with Gasteiger partial charge in [0.1, 0.15) is 5.15 Å². The maximum atomic E-state index is 10.7. The summed E-state index contributed by atoms with van der Waals surface area (Å²) in [7, 11) is 0. The molecule has 1 aromatic carbocycles. The maximum Gasteiger partial charge on any atom is 0.136 e. The fourth-order valence-electron chi connectivity index (χ4n) is 2.02. The number of carboxylic acid groups (broad SMARTS) is 1. The normalized spacial score (nSPS) is 11.1. The molecule has 0 aliphatic carbocycles. The van der Waals surface area contributed by atoms with Crippen LogP contribution in [0.15, 0.2) is 29.4 Å². The molecule has 1 aromatic heterocycles. The number of carboxylic acids is 1. The van der Waals surface area contributed by atoms with Crippen molar-refractivity contribution in [3.8, 4) is 0 Å². The number of rotatable bonds is 7. The molecule has 23 heavy (non-hydrogen) atoms. The van der Waals surface area contributed by atoms with Crippen molar-refractivity contribution in [2.24, 2.45) is 5.10 Å². The summed E-state index contributed by atoms with van der Waals surface area (Å²) in [5.74, 6) is -1.21. The molecule has 0 spiro atoms. The summed E-state index contributed by atoms with van der Waals surface area (Å²) in [5.41, 5.74) is 5.19. The Balaban J connectivity index is 2.05. The minimum Gasteiger partial charge on any atom is -0.545 e. The SMILES string of the molecule is CCCCn1nc(C)c(/C=N\Nc2ccc(C(=O)[O-])cc2)c1Cl. The number of aromatic carboxylic acids is 1. The Morgan fingerprint density at radius 3 is 2.74 bits per heavy atom. The summed E-state index contributed by atoms with van der Waals surface area (Å²) in [6, 6.07) is 6.13. The topological polar surface area (TPSA) is 82.3 Å². The average Bonchev–Trinajstić information content (AvgIpc) is 2.80. The highest BCUT2D eigenvalue weighted by atomic mass is 35.5. The van der Waals surface area contributed by atoms with Crippen molar-refractivity contribution >= 4 is 29.5 Å². The molecule has 0 bridgehead atoms. The Hall–Kier alpha value is -2.34. The van der Waals surface area contributed by atoms with Gasteiger partial charge in [-0.1, -0.05) is 37.1 Å². The number of hydrogen-bond donors (Lipinski definition) is 1. The van der Waals surface area contributed by atoms with Crippen LogP contribution < -0.4 is 10.5 Å². The number of halogens is 1. The van der Waals surface area contributed by atoms with Crippen LogP contribution in [0.3, 0.4) is 0 Å². The van der Waals surface area contributed by atoms with Gasteiger partial charge in [-0.3, -0.25) is 10.1 Å². The third kappa shape index (κ3) is 4.32. The lowest BCUT2D eigenvalue weighted by Crippen LogP contribution is -2.21. The maximum absolute atomic E-state index is 10.7. The van der Waals surface area contributed by atoms with Crippen molar-refractivity contribution in [3.05, 3.63) is 46.2 Å². The van der Waals surface area contributed by atoms with Crippen LogP contribution in [0.4, 0.5) is 5.69 Å². The second-order valence-electron chi connectivity index (χ2n) is 5.10. The highest BCUT2D eigenvalue weighted by Crippen LogP contribution is 2.18. The van der Waals surface area contributed by atoms with E-state index < -0.39 is 5.97 Å². The number of carbonyl (C=O) groups is 1. The number of aryl methyl sites for hydroxylation is 2. The van der Waals surface area contributed by atoms with E-state index in [4.69, 9.17) is 11.6 Å². The second-order valence-corrected chi connectivity index (χ2v) is 5.46. The van der Waals surface area contributed by atoms with E-state index in [1.807, 2.05) is 6.92 Å². The van der Waals surface area contributed by atoms with E-state index in [1.165, 1.54) is 12.1 Å². The molecular weight excluding hydrogens is 316 g/mol. The molecule has 1 heterocycles. The molecule has 7 heteroatoms. The van der Waals surface area contributed by atoms with Gasteiger partial charge in [-0.15, -0.1) is 0 Å². The number of unbranched alkanes of at least 4 members (excludes halogenated alkanes) is 1. The molecule has 0 aliphatic heterocycles. The van der Waals surface area contributed by atoms with Gasteiger partial charge in [-0.2, -0.15) is 10.2 Å². The summed E-state index contributed by atoms with van der Waals surface area (Å²) in [6.45, 7) is 4.77. The molecule has 0 fully saturated rings. The number of hydrazone groups is 1. The van der Waals surface area contributed by atoms with Crippen molar-refractivity contribution in [2.45, 2.75) is 33.2 Å².